The van der Waals surface area contributed by atoms with Crippen molar-refractivity contribution in [1.29, 1.82) is 0 Å². The van der Waals surface area contributed by atoms with Crippen molar-refractivity contribution in [2.45, 2.75) is 38.7 Å². The second-order valence-corrected chi connectivity index (χ2v) is 6.50. The number of hydrogen-bond donors (Lipinski definition) is 0. The molecule has 0 bridgehead atoms. The number of aryl methyl sites for hydroxylation is 1. The summed E-state index contributed by atoms with van der Waals surface area (Å²) in [6.45, 7) is 9.31. The molecular formula is C20H27ClO2S. The first-order valence-corrected chi connectivity index (χ1v) is 9.73. The Balaban J connectivity index is 0.00000139. The van der Waals surface area contributed by atoms with Crippen LogP contribution in [0.25, 0.3) is 0 Å². The summed E-state index contributed by atoms with van der Waals surface area (Å²) in [4.78, 5) is 1.18. The number of ether oxygens (including phenoxy) is 2. The van der Waals surface area contributed by atoms with Crippen LogP contribution < -0.4 is 4.74 Å². The Bertz CT molecular complexity index is 505. The summed E-state index contributed by atoms with van der Waals surface area (Å²) in [5, 5.41) is 0.758. The van der Waals surface area contributed by atoms with Crippen LogP contribution in [-0.4, -0.2) is 25.1 Å². The predicted octanol–water partition coefficient (Wildman–Crippen LogP) is 6.25. The van der Waals surface area contributed by atoms with E-state index in [1.165, 1.54) is 10.5 Å². The van der Waals surface area contributed by atoms with Crippen molar-refractivity contribution in [3.63, 3.8) is 0 Å². The van der Waals surface area contributed by atoms with Crippen molar-refractivity contribution >= 4 is 23.4 Å². The number of halogens is 1. The van der Waals surface area contributed by atoms with Gasteiger partial charge in [-0.05, 0) is 50.2 Å². The summed E-state index contributed by atoms with van der Waals surface area (Å²) in [5.41, 5.74) is 1.23. The first kappa shape index (κ1) is 20.9. The van der Waals surface area contributed by atoms with Crippen LogP contribution in [0.3, 0.4) is 0 Å². The van der Waals surface area contributed by atoms with Crippen LogP contribution in [0.1, 0.15) is 26.3 Å². The lowest BCUT2D eigenvalue weighted by molar-refractivity contribution is 0.0433. The first-order chi connectivity index (χ1) is 11.7. The Morgan fingerprint density at radius 2 is 1.62 bits per heavy atom. The monoisotopic (exact) mass is 366 g/mol. The minimum Gasteiger partial charge on any atom is -0.491 e. The van der Waals surface area contributed by atoms with Gasteiger partial charge in [-0.2, -0.15) is 0 Å². The van der Waals surface area contributed by atoms with Gasteiger partial charge in [0.25, 0.3) is 0 Å². The largest absolute Gasteiger partial charge is 0.491 e. The summed E-state index contributed by atoms with van der Waals surface area (Å²) in [7, 11) is 0. The van der Waals surface area contributed by atoms with E-state index in [2.05, 4.69) is 6.92 Å². The molecule has 2 nitrogen and oxygen atoms in total. The molecule has 0 radical (unpaired) electrons. The zero-order chi connectivity index (χ0) is 17.8. The molecule has 4 heteroatoms. The van der Waals surface area contributed by atoms with Crippen molar-refractivity contribution in [2.75, 3.05) is 19.0 Å². The molecule has 24 heavy (non-hydrogen) atoms. The maximum Gasteiger partial charge on any atom is 0.119 e. The van der Waals surface area contributed by atoms with Gasteiger partial charge in [0.1, 0.15) is 18.5 Å². The third-order valence-electron chi connectivity index (χ3n) is 3.11. The van der Waals surface area contributed by atoms with E-state index in [0.717, 1.165) is 16.5 Å². The van der Waals surface area contributed by atoms with Crippen LogP contribution in [0.4, 0.5) is 0 Å². The van der Waals surface area contributed by atoms with Gasteiger partial charge in [-0.1, -0.05) is 43.1 Å². The number of hydrogen-bond acceptors (Lipinski definition) is 3. The van der Waals surface area contributed by atoms with Gasteiger partial charge in [-0.15, -0.1) is 11.8 Å². The zero-order valence-corrected chi connectivity index (χ0v) is 16.5. The summed E-state index contributed by atoms with van der Waals surface area (Å²) in [5.74, 6) is 1.73. The van der Waals surface area contributed by atoms with E-state index in [1.807, 2.05) is 69.3 Å². The molecule has 132 valence electrons. The molecular weight excluding hydrogens is 340 g/mol. The Morgan fingerprint density at radius 1 is 1.00 bits per heavy atom. The third kappa shape index (κ3) is 8.09. The van der Waals surface area contributed by atoms with Gasteiger partial charge in [-0.25, -0.2) is 0 Å². The second-order valence-electron chi connectivity index (χ2n) is 4.97. The number of rotatable bonds is 8. The normalized spacial score (nSPS) is 11.4. The molecule has 2 aromatic carbocycles. The van der Waals surface area contributed by atoms with E-state index in [-0.39, 0.29) is 6.10 Å². The highest BCUT2D eigenvalue weighted by atomic mass is 35.5. The number of benzene rings is 2. The third-order valence-corrected chi connectivity index (χ3v) is 4.50. The van der Waals surface area contributed by atoms with Gasteiger partial charge in [0.05, 0.1) is 0 Å². The highest BCUT2D eigenvalue weighted by Crippen LogP contribution is 2.22. The van der Waals surface area contributed by atoms with Gasteiger partial charge in [-0.3, -0.25) is 0 Å². The van der Waals surface area contributed by atoms with E-state index in [4.69, 9.17) is 21.1 Å². The molecule has 0 N–H and O–H groups in total. The van der Waals surface area contributed by atoms with E-state index in [1.54, 1.807) is 11.8 Å². The van der Waals surface area contributed by atoms with Crippen LogP contribution in [-0.2, 0) is 4.74 Å². The first-order valence-electron chi connectivity index (χ1n) is 8.37. The standard InChI is InChI=1S/C18H21ClO2S.C2H6/c1-3-20-17(12-21-16-8-4-14(2)5-9-16)13-22-18-10-6-15(19)7-11-18;1-2/h4-11,17H,3,12-13H2,1-2H3;1-2H3. The van der Waals surface area contributed by atoms with E-state index in [9.17, 15) is 0 Å². The predicted molar refractivity (Wildman–Crippen MR) is 106 cm³/mol. The van der Waals surface area contributed by atoms with Crippen molar-refractivity contribution in [3.8, 4) is 5.75 Å². The molecule has 1 unspecified atom stereocenters. The van der Waals surface area contributed by atoms with Crippen LogP contribution in [0, 0.1) is 6.92 Å². The zero-order valence-electron chi connectivity index (χ0n) is 14.9. The highest BCUT2D eigenvalue weighted by molar-refractivity contribution is 7.99. The minimum absolute atomic E-state index is 0.0620. The lowest BCUT2D eigenvalue weighted by Gasteiger charge is -2.17. The molecule has 0 saturated carbocycles. The summed E-state index contributed by atoms with van der Waals surface area (Å²) in [6, 6.07) is 15.9. The molecule has 2 aromatic rings. The Labute approximate surface area is 155 Å². The SMILES string of the molecule is CC.CCOC(COc1ccc(C)cc1)CSc1ccc(Cl)cc1. The number of thioether (sulfide) groups is 1. The second kappa shape index (κ2) is 12.2. The van der Waals surface area contributed by atoms with Crippen molar-refractivity contribution < 1.29 is 9.47 Å². The van der Waals surface area contributed by atoms with Gasteiger partial charge < -0.3 is 9.47 Å². The van der Waals surface area contributed by atoms with E-state index >= 15 is 0 Å². The Hall–Kier alpha value is -1.16. The van der Waals surface area contributed by atoms with E-state index < -0.39 is 0 Å². The Morgan fingerprint density at radius 3 is 2.21 bits per heavy atom. The molecule has 0 aliphatic carbocycles. The molecule has 2 rings (SSSR count). The molecule has 0 amide bonds. The lowest BCUT2D eigenvalue weighted by atomic mass is 10.2. The molecule has 0 heterocycles. The maximum absolute atomic E-state index is 5.90. The molecule has 0 aliphatic heterocycles. The quantitative estimate of drug-likeness (QED) is 0.514. The van der Waals surface area contributed by atoms with Crippen LogP contribution in [0.15, 0.2) is 53.4 Å². The van der Waals surface area contributed by atoms with Gasteiger partial charge in [0, 0.05) is 22.3 Å². The molecule has 0 fully saturated rings. The van der Waals surface area contributed by atoms with Crippen LogP contribution in [0.5, 0.6) is 5.75 Å². The van der Waals surface area contributed by atoms with Crippen LogP contribution in [0.2, 0.25) is 5.02 Å². The fraction of sp³-hybridized carbons (Fsp3) is 0.400. The topological polar surface area (TPSA) is 18.5 Å². The van der Waals surface area contributed by atoms with Crippen molar-refractivity contribution in [1.82, 2.24) is 0 Å². The van der Waals surface area contributed by atoms with E-state index in [0.29, 0.717) is 13.2 Å². The molecule has 0 spiro atoms. The van der Waals surface area contributed by atoms with Gasteiger partial charge >= 0.3 is 0 Å². The van der Waals surface area contributed by atoms with Gasteiger partial charge in [0.2, 0.25) is 0 Å². The Kier molecular flexibility index (Phi) is 10.6. The molecule has 0 aromatic heterocycles. The maximum atomic E-state index is 5.90. The average molecular weight is 367 g/mol. The summed E-state index contributed by atoms with van der Waals surface area (Å²) < 4.78 is 11.6. The average Bonchev–Trinajstić information content (AvgIpc) is 2.62. The minimum atomic E-state index is 0.0620. The highest BCUT2D eigenvalue weighted by Gasteiger charge is 2.10. The van der Waals surface area contributed by atoms with Crippen molar-refractivity contribution in [2.24, 2.45) is 0 Å². The van der Waals surface area contributed by atoms with Gasteiger partial charge in [0.15, 0.2) is 0 Å². The van der Waals surface area contributed by atoms with Crippen molar-refractivity contribution in [3.05, 3.63) is 59.1 Å². The fourth-order valence-electron chi connectivity index (χ4n) is 1.92. The fourth-order valence-corrected chi connectivity index (χ4v) is 2.95. The smallest absolute Gasteiger partial charge is 0.119 e. The summed E-state index contributed by atoms with van der Waals surface area (Å²) in [6.07, 6.45) is 0.0620. The lowest BCUT2D eigenvalue weighted by Crippen LogP contribution is -2.24. The summed E-state index contributed by atoms with van der Waals surface area (Å²) >= 11 is 7.65. The van der Waals surface area contributed by atoms with Crippen LogP contribution >= 0.6 is 23.4 Å². The molecule has 1 atom stereocenters. The molecule has 0 aliphatic rings. The molecule has 0 saturated heterocycles.